The molecule has 0 bridgehead atoms. The Morgan fingerprint density at radius 3 is 2.31 bits per heavy atom. The third-order valence-electron chi connectivity index (χ3n) is 3.91. The predicted molar refractivity (Wildman–Crippen MR) is 69.7 cm³/mol. The van der Waals surface area contributed by atoms with Gasteiger partial charge in [0.2, 0.25) is 5.91 Å². The smallest absolute Gasteiger partial charge is 0.226 e. The number of hydrogen-bond acceptors (Lipinski definition) is 2. The van der Waals surface area contributed by atoms with Gasteiger partial charge >= 0.3 is 0 Å². The summed E-state index contributed by atoms with van der Waals surface area (Å²) in [7, 11) is 0. The van der Waals surface area contributed by atoms with E-state index < -0.39 is 0 Å². The van der Waals surface area contributed by atoms with Crippen molar-refractivity contribution in [3.8, 4) is 0 Å². The number of nitrogens with two attached hydrogens (primary N) is 1. The monoisotopic (exact) mass is 248 g/mol. The fourth-order valence-corrected chi connectivity index (χ4v) is 2.03. The normalized spacial score (nSPS) is 21.1. The fourth-order valence-electron chi connectivity index (χ4n) is 2.03. The standard InChI is InChI=1S/C12H24N2O.ClH/c1-4-12(3)5-7-14(8-6-12)11(15)10(2)9-13;/h10H,4-9,13H2,1-3H3;1H. The number of piperidine rings is 1. The van der Waals surface area contributed by atoms with Crippen LogP contribution in [-0.4, -0.2) is 30.4 Å². The molecule has 16 heavy (non-hydrogen) atoms. The van der Waals surface area contributed by atoms with Gasteiger partial charge in [-0.3, -0.25) is 4.79 Å². The Labute approximate surface area is 105 Å². The van der Waals surface area contributed by atoms with Gasteiger partial charge in [0, 0.05) is 25.6 Å². The number of nitrogens with zero attached hydrogens (tertiary/aromatic N) is 1. The molecule has 1 amide bonds. The lowest BCUT2D eigenvalue weighted by atomic mass is 9.78. The Bertz CT molecular complexity index is 225. The number of amides is 1. The molecule has 0 radical (unpaired) electrons. The summed E-state index contributed by atoms with van der Waals surface area (Å²) in [6, 6.07) is 0. The third kappa shape index (κ3) is 3.63. The topological polar surface area (TPSA) is 46.3 Å². The minimum absolute atomic E-state index is 0. The van der Waals surface area contributed by atoms with Crippen LogP contribution in [0, 0.1) is 11.3 Å². The Hall–Kier alpha value is -0.280. The highest BCUT2D eigenvalue weighted by molar-refractivity contribution is 5.85. The molecule has 1 fully saturated rings. The molecule has 0 aromatic rings. The highest BCUT2D eigenvalue weighted by Crippen LogP contribution is 2.34. The molecule has 4 heteroatoms. The molecule has 1 heterocycles. The lowest BCUT2D eigenvalue weighted by Gasteiger charge is -2.39. The Kier molecular flexibility index (Phi) is 6.34. The molecule has 1 unspecified atom stereocenters. The summed E-state index contributed by atoms with van der Waals surface area (Å²) in [4.78, 5) is 13.9. The molecule has 0 saturated carbocycles. The van der Waals surface area contributed by atoms with Gasteiger partial charge in [0.25, 0.3) is 0 Å². The molecule has 1 rings (SSSR count). The summed E-state index contributed by atoms with van der Waals surface area (Å²) >= 11 is 0. The van der Waals surface area contributed by atoms with Crippen LogP contribution in [0.15, 0.2) is 0 Å². The summed E-state index contributed by atoms with van der Waals surface area (Å²) in [6.07, 6.45) is 3.47. The number of carbonyl (C=O) groups is 1. The van der Waals surface area contributed by atoms with Crippen LogP contribution in [0.2, 0.25) is 0 Å². The number of carbonyl (C=O) groups excluding carboxylic acids is 1. The maximum Gasteiger partial charge on any atom is 0.226 e. The molecule has 0 aromatic heterocycles. The molecule has 1 aliphatic heterocycles. The molecule has 2 N–H and O–H groups in total. The van der Waals surface area contributed by atoms with Crippen molar-refractivity contribution in [2.24, 2.45) is 17.1 Å². The molecule has 0 spiro atoms. The summed E-state index contributed by atoms with van der Waals surface area (Å²) in [6.45, 7) is 8.75. The van der Waals surface area contributed by atoms with Gasteiger partial charge in [-0.05, 0) is 18.3 Å². The molecule has 1 atom stereocenters. The summed E-state index contributed by atoms with van der Waals surface area (Å²) in [5.74, 6) is 0.214. The molecular formula is C12H25ClN2O. The van der Waals surface area contributed by atoms with Crippen molar-refractivity contribution >= 4 is 18.3 Å². The second-order valence-corrected chi connectivity index (χ2v) is 5.13. The van der Waals surface area contributed by atoms with E-state index in [0.717, 1.165) is 25.9 Å². The van der Waals surface area contributed by atoms with Crippen molar-refractivity contribution in [3.63, 3.8) is 0 Å². The SMILES string of the molecule is CCC1(C)CCN(C(=O)C(C)CN)CC1.Cl. The van der Waals surface area contributed by atoms with Crippen molar-refractivity contribution in [3.05, 3.63) is 0 Å². The minimum atomic E-state index is -0.0176. The largest absolute Gasteiger partial charge is 0.342 e. The van der Waals surface area contributed by atoms with Crippen LogP contribution < -0.4 is 5.73 Å². The van der Waals surface area contributed by atoms with Crippen molar-refractivity contribution in [2.45, 2.75) is 40.0 Å². The lowest BCUT2D eigenvalue weighted by molar-refractivity contribution is -0.136. The average Bonchev–Trinajstić information content (AvgIpc) is 2.28. The lowest BCUT2D eigenvalue weighted by Crippen LogP contribution is -2.45. The summed E-state index contributed by atoms with van der Waals surface area (Å²) in [5, 5.41) is 0. The quantitative estimate of drug-likeness (QED) is 0.831. The van der Waals surface area contributed by atoms with Crippen LogP contribution in [0.5, 0.6) is 0 Å². The van der Waals surface area contributed by atoms with Crippen LogP contribution >= 0.6 is 12.4 Å². The highest BCUT2D eigenvalue weighted by atomic mass is 35.5. The van der Waals surface area contributed by atoms with Crippen LogP contribution in [0.4, 0.5) is 0 Å². The van der Waals surface area contributed by atoms with Gasteiger partial charge in [-0.2, -0.15) is 0 Å². The molecule has 0 aliphatic carbocycles. The molecule has 3 nitrogen and oxygen atoms in total. The van der Waals surface area contributed by atoms with Crippen molar-refractivity contribution in [1.29, 1.82) is 0 Å². The van der Waals surface area contributed by atoms with E-state index >= 15 is 0 Å². The van der Waals surface area contributed by atoms with Gasteiger partial charge < -0.3 is 10.6 Å². The fraction of sp³-hybridized carbons (Fsp3) is 0.917. The van der Waals surface area contributed by atoms with Gasteiger partial charge in [0.1, 0.15) is 0 Å². The van der Waals surface area contributed by atoms with Crippen molar-refractivity contribution in [2.75, 3.05) is 19.6 Å². The van der Waals surface area contributed by atoms with Crippen LogP contribution in [0.25, 0.3) is 0 Å². The number of halogens is 1. The maximum absolute atomic E-state index is 11.9. The Balaban J connectivity index is 0.00000225. The molecule has 96 valence electrons. The van der Waals surface area contributed by atoms with E-state index in [2.05, 4.69) is 13.8 Å². The average molecular weight is 249 g/mol. The minimum Gasteiger partial charge on any atom is -0.342 e. The van der Waals surface area contributed by atoms with Gasteiger partial charge in [0.15, 0.2) is 0 Å². The zero-order valence-electron chi connectivity index (χ0n) is 10.7. The first kappa shape index (κ1) is 15.7. The first-order valence-corrected chi connectivity index (χ1v) is 6.01. The van der Waals surface area contributed by atoms with Gasteiger partial charge in [0.05, 0.1) is 0 Å². The van der Waals surface area contributed by atoms with Gasteiger partial charge in [-0.15, -0.1) is 12.4 Å². The van der Waals surface area contributed by atoms with Gasteiger partial charge in [-0.1, -0.05) is 27.2 Å². The Morgan fingerprint density at radius 2 is 1.94 bits per heavy atom. The Morgan fingerprint density at radius 1 is 1.44 bits per heavy atom. The number of hydrogen-bond donors (Lipinski definition) is 1. The molecule has 0 aromatic carbocycles. The van der Waals surface area contributed by atoms with E-state index in [1.54, 1.807) is 0 Å². The van der Waals surface area contributed by atoms with E-state index in [4.69, 9.17) is 5.73 Å². The second kappa shape index (κ2) is 6.45. The number of likely N-dealkylation sites (tertiary alicyclic amines) is 1. The van der Waals surface area contributed by atoms with Crippen molar-refractivity contribution in [1.82, 2.24) is 4.90 Å². The van der Waals surface area contributed by atoms with Gasteiger partial charge in [-0.25, -0.2) is 0 Å². The zero-order valence-corrected chi connectivity index (χ0v) is 11.5. The van der Waals surface area contributed by atoms with Crippen molar-refractivity contribution < 1.29 is 4.79 Å². The second-order valence-electron chi connectivity index (χ2n) is 5.13. The first-order chi connectivity index (χ1) is 7.02. The third-order valence-corrected chi connectivity index (χ3v) is 3.91. The zero-order chi connectivity index (χ0) is 11.5. The predicted octanol–water partition coefficient (Wildman–Crippen LogP) is 2.04. The summed E-state index contributed by atoms with van der Waals surface area (Å²) in [5.41, 5.74) is 5.96. The van der Waals surface area contributed by atoms with Crippen LogP contribution in [0.1, 0.15) is 40.0 Å². The summed E-state index contributed by atoms with van der Waals surface area (Å²) < 4.78 is 0. The van der Waals surface area contributed by atoms with Crippen LogP contribution in [-0.2, 0) is 4.79 Å². The highest BCUT2D eigenvalue weighted by Gasteiger charge is 2.31. The van der Waals surface area contributed by atoms with Crippen LogP contribution in [0.3, 0.4) is 0 Å². The maximum atomic E-state index is 11.9. The molecule has 1 aliphatic rings. The first-order valence-electron chi connectivity index (χ1n) is 6.01. The molecular weight excluding hydrogens is 224 g/mol. The van der Waals surface area contributed by atoms with E-state index in [0.29, 0.717) is 12.0 Å². The van der Waals surface area contributed by atoms with E-state index in [-0.39, 0.29) is 24.2 Å². The van der Waals surface area contributed by atoms with E-state index in [1.807, 2.05) is 11.8 Å². The van der Waals surface area contributed by atoms with E-state index in [9.17, 15) is 4.79 Å². The number of rotatable bonds is 3. The molecule has 1 saturated heterocycles. The van der Waals surface area contributed by atoms with E-state index in [1.165, 1.54) is 6.42 Å².